The highest BCUT2D eigenvalue weighted by atomic mass is 32.1. The highest BCUT2D eigenvalue weighted by Crippen LogP contribution is 2.33. The molecule has 3 aromatic rings. The summed E-state index contributed by atoms with van der Waals surface area (Å²) in [6.07, 6.45) is 5.38. The maximum Gasteiger partial charge on any atom is 0.265 e. The highest BCUT2D eigenvalue weighted by Gasteiger charge is 2.29. The van der Waals surface area contributed by atoms with E-state index < -0.39 is 0 Å². The molecule has 0 aliphatic carbocycles. The minimum Gasteiger partial charge on any atom is -0.497 e. The van der Waals surface area contributed by atoms with Crippen LogP contribution in [0.25, 0.3) is 11.3 Å². The van der Waals surface area contributed by atoms with Gasteiger partial charge < -0.3 is 9.64 Å². The quantitative estimate of drug-likeness (QED) is 0.670. The van der Waals surface area contributed by atoms with Gasteiger partial charge in [0, 0.05) is 37.0 Å². The third-order valence-electron chi connectivity index (χ3n) is 5.10. The number of amides is 1. The number of hydrogen-bond donors (Lipinski definition) is 0. The van der Waals surface area contributed by atoms with Gasteiger partial charge in [-0.05, 0) is 31.9 Å². The number of hydrogen-bond acceptors (Lipinski definition) is 6. The molecule has 1 atom stereocenters. The Bertz CT molecular complexity index is 988. The minimum atomic E-state index is 0.0662. The van der Waals surface area contributed by atoms with E-state index in [-0.39, 0.29) is 11.8 Å². The molecule has 1 aliphatic rings. The molecular weight excluding hydrogens is 372 g/mol. The molecule has 7 heteroatoms. The van der Waals surface area contributed by atoms with E-state index in [1.54, 1.807) is 25.0 Å². The molecular formula is C21H22N4O2S. The molecule has 0 unspecified atom stereocenters. The van der Waals surface area contributed by atoms with Crippen LogP contribution in [-0.4, -0.2) is 46.0 Å². The van der Waals surface area contributed by atoms with Crippen LogP contribution in [0.4, 0.5) is 0 Å². The normalized spacial score (nSPS) is 16.8. The molecule has 6 nitrogen and oxygen atoms in total. The predicted octanol–water partition coefficient (Wildman–Crippen LogP) is 3.94. The van der Waals surface area contributed by atoms with Gasteiger partial charge >= 0.3 is 0 Å². The van der Waals surface area contributed by atoms with Gasteiger partial charge in [0.2, 0.25) is 0 Å². The van der Waals surface area contributed by atoms with Gasteiger partial charge in [0.25, 0.3) is 5.91 Å². The number of methoxy groups -OCH3 is 1. The molecule has 0 radical (unpaired) electrons. The number of piperidine rings is 1. The fraction of sp³-hybridized carbons (Fsp3) is 0.333. The summed E-state index contributed by atoms with van der Waals surface area (Å²) in [6.45, 7) is 3.29. The smallest absolute Gasteiger partial charge is 0.265 e. The average molecular weight is 395 g/mol. The lowest BCUT2D eigenvalue weighted by Gasteiger charge is -2.33. The molecule has 144 valence electrons. The lowest BCUT2D eigenvalue weighted by Crippen LogP contribution is -2.39. The summed E-state index contributed by atoms with van der Waals surface area (Å²) in [7, 11) is 1.66. The van der Waals surface area contributed by atoms with Gasteiger partial charge in [-0.2, -0.15) is 0 Å². The van der Waals surface area contributed by atoms with Gasteiger partial charge in [0.05, 0.1) is 29.7 Å². The van der Waals surface area contributed by atoms with E-state index in [4.69, 9.17) is 4.74 Å². The van der Waals surface area contributed by atoms with Gasteiger partial charge in [-0.15, -0.1) is 11.3 Å². The second kappa shape index (κ2) is 8.06. The molecule has 1 fully saturated rings. The molecule has 0 spiro atoms. The van der Waals surface area contributed by atoms with E-state index in [1.807, 2.05) is 36.1 Å². The van der Waals surface area contributed by atoms with Crippen molar-refractivity contribution in [3.63, 3.8) is 0 Å². The van der Waals surface area contributed by atoms with Gasteiger partial charge in [-0.1, -0.05) is 12.1 Å². The van der Waals surface area contributed by atoms with E-state index in [9.17, 15) is 4.79 Å². The lowest BCUT2D eigenvalue weighted by molar-refractivity contribution is 0.0710. The number of aromatic nitrogens is 3. The van der Waals surface area contributed by atoms with E-state index in [2.05, 4.69) is 15.0 Å². The van der Waals surface area contributed by atoms with E-state index in [1.165, 1.54) is 11.3 Å². The van der Waals surface area contributed by atoms with Crippen molar-refractivity contribution < 1.29 is 9.53 Å². The third-order valence-corrected chi connectivity index (χ3v) is 6.02. The molecule has 28 heavy (non-hydrogen) atoms. The number of nitrogens with zero attached hydrogens (tertiary/aromatic N) is 4. The Morgan fingerprint density at radius 3 is 2.89 bits per heavy atom. The standard InChI is InChI=1S/C21H22N4O2S/c1-14-20(28-13-24-14)21(26)25-10-4-6-16(12-25)19-18(22-8-9-23-19)15-5-3-7-17(11-15)27-2/h3,5,7-9,11,13,16H,4,6,10,12H2,1-2H3/t16-/m1/s1. The monoisotopic (exact) mass is 394 g/mol. The Labute approximate surface area is 168 Å². The van der Waals surface area contributed by atoms with Crippen molar-refractivity contribution in [3.05, 3.63) is 58.4 Å². The SMILES string of the molecule is COc1cccc(-c2nccnc2[C@@H]2CCCN(C(=O)c3scnc3C)C2)c1. The summed E-state index contributed by atoms with van der Waals surface area (Å²) in [4.78, 5) is 29.1. The minimum absolute atomic E-state index is 0.0662. The van der Waals surface area contributed by atoms with Crippen LogP contribution in [0.2, 0.25) is 0 Å². The van der Waals surface area contributed by atoms with Crippen molar-refractivity contribution >= 4 is 17.2 Å². The summed E-state index contributed by atoms with van der Waals surface area (Å²) in [5.74, 6) is 1.01. The zero-order valence-electron chi connectivity index (χ0n) is 16.0. The summed E-state index contributed by atoms with van der Waals surface area (Å²) >= 11 is 1.41. The molecule has 4 rings (SSSR count). The summed E-state index contributed by atoms with van der Waals surface area (Å²) in [5, 5.41) is 0. The van der Waals surface area contributed by atoms with Crippen LogP contribution in [0.1, 0.15) is 39.8 Å². The van der Waals surface area contributed by atoms with Crippen LogP contribution in [0.15, 0.2) is 42.2 Å². The second-order valence-electron chi connectivity index (χ2n) is 6.88. The number of carbonyl (C=O) groups is 1. The molecule has 0 N–H and O–H groups in total. The first-order valence-electron chi connectivity index (χ1n) is 9.32. The third kappa shape index (κ3) is 3.62. The number of thiazole rings is 1. The van der Waals surface area contributed by atoms with Crippen molar-refractivity contribution in [3.8, 4) is 17.0 Å². The Morgan fingerprint density at radius 2 is 2.11 bits per heavy atom. The van der Waals surface area contributed by atoms with E-state index >= 15 is 0 Å². The van der Waals surface area contributed by atoms with Crippen LogP contribution in [0.5, 0.6) is 5.75 Å². The van der Waals surface area contributed by atoms with Crippen molar-refractivity contribution in [1.29, 1.82) is 0 Å². The lowest BCUT2D eigenvalue weighted by atomic mass is 9.91. The predicted molar refractivity (Wildman–Crippen MR) is 109 cm³/mol. The van der Waals surface area contributed by atoms with Crippen LogP contribution in [0, 0.1) is 6.92 Å². The Hall–Kier alpha value is -2.80. The van der Waals surface area contributed by atoms with Crippen LogP contribution < -0.4 is 4.74 Å². The maximum absolute atomic E-state index is 12.9. The fourth-order valence-electron chi connectivity index (χ4n) is 3.68. The fourth-order valence-corrected chi connectivity index (χ4v) is 4.45. The van der Waals surface area contributed by atoms with E-state index in [0.717, 1.165) is 52.7 Å². The average Bonchev–Trinajstić information content (AvgIpc) is 3.19. The van der Waals surface area contributed by atoms with Gasteiger partial charge in [-0.25, -0.2) is 4.98 Å². The number of rotatable bonds is 4. The summed E-state index contributed by atoms with van der Waals surface area (Å²) < 4.78 is 5.36. The number of benzene rings is 1. The van der Waals surface area contributed by atoms with E-state index in [0.29, 0.717) is 6.54 Å². The molecule has 3 heterocycles. The molecule has 0 saturated carbocycles. The highest BCUT2D eigenvalue weighted by molar-refractivity contribution is 7.11. The van der Waals surface area contributed by atoms with Crippen LogP contribution in [0.3, 0.4) is 0 Å². The molecule has 0 bridgehead atoms. The van der Waals surface area contributed by atoms with Crippen LogP contribution >= 0.6 is 11.3 Å². The Balaban J connectivity index is 1.62. The largest absolute Gasteiger partial charge is 0.497 e. The van der Waals surface area contributed by atoms with Gasteiger partial charge in [0.15, 0.2) is 0 Å². The number of likely N-dealkylation sites (tertiary alicyclic amines) is 1. The van der Waals surface area contributed by atoms with Crippen molar-refractivity contribution in [2.75, 3.05) is 20.2 Å². The molecule has 2 aromatic heterocycles. The molecule has 1 amide bonds. The number of carbonyl (C=O) groups excluding carboxylic acids is 1. The van der Waals surface area contributed by atoms with Gasteiger partial charge in [0.1, 0.15) is 10.6 Å². The van der Waals surface area contributed by atoms with Crippen LogP contribution in [-0.2, 0) is 0 Å². The Morgan fingerprint density at radius 1 is 1.25 bits per heavy atom. The van der Waals surface area contributed by atoms with Crippen molar-refractivity contribution in [2.24, 2.45) is 0 Å². The summed E-state index contributed by atoms with van der Waals surface area (Å²) in [5.41, 5.74) is 5.30. The first kappa shape index (κ1) is 18.6. The van der Waals surface area contributed by atoms with Crippen molar-refractivity contribution in [1.82, 2.24) is 19.9 Å². The molecule has 1 aliphatic heterocycles. The van der Waals surface area contributed by atoms with Gasteiger partial charge in [-0.3, -0.25) is 14.8 Å². The number of aryl methyl sites for hydroxylation is 1. The topological polar surface area (TPSA) is 68.2 Å². The first-order chi connectivity index (χ1) is 13.7. The zero-order valence-corrected chi connectivity index (χ0v) is 16.8. The first-order valence-corrected chi connectivity index (χ1v) is 10.2. The zero-order chi connectivity index (χ0) is 19.5. The molecule has 1 saturated heterocycles. The molecule has 1 aromatic carbocycles. The maximum atomic E-state index is 12.9. The van der Waals surface area contributed by atoms with Crippen molar-refractivity contribution in [2.45, 2.75) is 25.7 Å². The summed E-state index contributed by atoms with van der Waals surface area (Å²) in [6, 6.07) is 7.86. The second-order valence-corrected chi connectivity index (χ2v) is 7.73. The Kier molecular flexibility index (Phi) is 5.34. The number of ether oxygens (including phenoxy) is 1.